The van der Waals surface area contributed by atoms with E-state index in [4.69, 9.17) is 9.84 Å². The molecular weight excluding hydrogens is 464 g/mol. The second-order valence-corrected chi connectivity index (χ2v) is 10.7. The van der Waals surface area contributed by atoms with Crippen LogP contribution in [0, 0.1) is 5.92 Å². The van der Waals surface area contributed by atoms with E-state index in [0.717, 1.165) is 64.0 Å². The third-order valence-electron chi connectivity index (χ3n) is 7.93. The lowest BCUT2D eigenvalue weighted by Crippen LogP contribution is -2.48. The number of benzene rings is 2. The smallest absolute Gasteiger partial charge is 0.335 e. The van der Waals surface area contributed by atoms with E-state index in [1.54, 1.807) is 24.3 Å². The Balaban J connectivity index is 1.26. The zero-order valence-electron chi connectivity index (χ0n) is 22.2. The summed E-state index contributed by atoms with van der Waals surface area (Å²) in [6.45, 7) is 6.03. The summed E-state index contributed by atoms with van der Waals surface area (Å²) in [6, 6.07) is 14.9. The number of hydrogen-bond donors (Lipinski definition) is 1. The summed E-state index contributed by atoms with van der Waals surface area (Å²) in [5.41, 5.74) is 1.48. The van der Waals surface area contributed by atoms with Crippen LogP contribution in [0.2, 0.25) is 0 Å². The zero-order valence-corrected chi connectivity index (χ0v) is 22.2. The van der Waals surface area contributed by atoms with Crippen LogP contribution in [0.1, 0.15) is 87.1 Å². The number of aromatic carboxylic acids is 1. The van der Waals surface area contributed by atoms with Crippen LogP contribution in [0.4, 0.5) is 0 Å². The molecule has 0 atom stereocenters. The van der Waals surface area contributed by atoms with E-state index >= 15 is 0 Å². The SMILES string of the molecule is CCCCN(C(=O)CC1CCCCC1)C1CCN(Cc2ccc(Oc3ccc(C(=O)O)cc3)cc2)CC1. The minimum atomic E-state index is -0.945. The number of hydrogen-bond acceptors (Lipinski definition) is 4. The van der Waals surface area contributed by atoms with Gasteiger partial charge in [-0.05, 0) is 80.0 Å². The van der Waals surface area contributed by atoms with E-state index in [1.807, 2.05) is 12.1 Å². The van der Waals surface area contributed by atoms with E-state index in [1.165, 1.54) is 37.7 Å². The third-order valence-corrected chi connectivity index (χ3v) is 7.93. The number of nitrogens with zero attached hydrogens (tertiary/aromatic N) is 2. The number of unbranched alkanes of at least 4 members (excludes halogenated alkanes) is 1. The Hall–Kier alpha value is -2.86. The van der Waals surface area contributed by atoms with Gasteiger partial charge in [-0.15, -0.1) is 0 Å². The summed E-state index contributed by atoms with van der Waals surface area (Å²) in [5, 5.41) is 9.03. The molecule has 1 amide bonds. The summed E-state index contributed by atoms with van der Waals surface area (Å²) in [7, 11) is 0. The number of carboxylic acid groups (broad SMARTS) is 1. The Morgan fingerprint density at radius 2 is 1.54 bits per heavy atom. The minimum absolute atomic E-state index is 0.244. The second kappa shape index (κ2) is 13.6. The fourth-order valence-electron chi connectivity index (χ4n) is 5.71. The van der Waals surface area contributed by atoms with Crippen molar-refractivity contribution < 1.29 is 19.4 Å². The number of amides is 1. The number of piperidine rings is 1. The summed E-state index contributed by atoms with van der Waals surface area (Å²) in [6.07, 6.45) is 11.4. The normalized spacial score (nSPS) is 17.4. The molecule has 0 unspecified atom stereocenters. The first kappa shape index (κ1) is 27.2. The van der Waals surface area contributed by atoms with Crippen molar-refractivity contribution in [1.29, 1.82) is 0 Å². The third kappa shape index (κ3) is 8.06. The molecule has 2 aliphatic rings. The standard InChI is InChI=1S/C31H42N2O4/c1-2-3-19-33(30(34)22-24-7-5-4-6-8-24)27-17-20-32(21-18-27)23-25-9-13-28(14-10-25)37-29-15-11-26(12-16-29)31(35)36/h9-16,24,27H,2-8,17-23H2,1H3,(H,35,36). The number of carbonyl (C=O) groups excluding carboxylic acids is 1. The molecule has 1 aliphatic carbocycles. The average molecular weight is 507 g/mol. The van der Waals surface area contributed by atoms with Gasteiger partial charge in [0, 0.05) is 38.6 Å². The maximum atomic E-state index is 13.3. The predicted molar refractivity (Wildman–Crippen MR) is 146 cm³/mol. The molecule has 1 saturated carbocycles. The van der Waals surface area contributed by atoms with Crippen LogP contribution in [0.3, 0.4) is 0 Å². The molecule has 0 spiro atoms. The van der Waals surface area contributed by atoms with Gasteiger partial charge in [0.05, 0.1) is 5.56 Å². The van der Waals surface area contributed by atoms with Crippen molar-refractivity contribution in [1.82, 2.24) is 9.80 Å². The topological polar surface area (TPSA) is 70.1 Å². The molecule has 6 nitrogen and oxygen atoms in total. The predicted octanol–water partition coefficient (Wildman–Crippen LogP) is 6.74. The highest BCUT2D eigenvalue weighted by atomic mass is 16.5. The van der Waals surface area contributed by atoms with Gasteiger partial charge in [0.2, 0.25) is 5.91 Å². The Morgan fingerprint density at radius 3 is 2.14 bits per heavy atom. The number of carbonyl (C=O) groups is 2. The van der Waals surface area contributed by atoms with Crippen LogP contribution in [0.15, 0.2) is 48.5 Å². The number of ether oxygens (including phenoxy) is 1. The van der Waals surface area contributed by atoms with Crippen LogP contribution in [0.25, 0.3) is 0 Å². The summed E-state index contributed by atoms with van der Waals surface area (Å²) >= 11 is 0. The van der Waals surface area contributed by atoms with E-state index < -0.39 is 5.97 Å². The van der Waals surface area contributed by atoms with E-state index in [2.05, 4.69) is 28.9 Å². The van der Waals surface area contributed by atoms with Crippen molar-refractivity contribution in [2.45, 2.75) is 83.7 Å². The van der Waals surface area contributed by atoms with Crippen molar-refractivity contribution in [2.24, 2.45) is 5.92 Å². The molecule has 2 fully saturated rings. The number of rotatable bonds is 11. The molecule has 0 bridgehead atoms. The highest BCUT2D eigenvalue weighted by Crippen LogP contribution is 2.29. The minimum Gasteiger partial charge on any atom is -0.478 e. The zero-order chi connectivity index (χ0) is 26.0. The van der Waals surface area contributed by atoms with Gasteiger partial charge >= 0.3 is 5.97 Å². The van der Waals surface area contributed by atoms with E-state index in [0.29, 0.717) is 23.6 Å². The average Bonchev–Trinajstić information content (AvgIpc) is 2.92. The molecular formula is C31H42N2O4. The lowest BCUT2D eigenvalue weighted by Gasteiger charge is -2.39. The van der Waals surface area contributed by atoms with Gasteiger partial charge < -0.3 is 14.7 Å². The van der Waals surface area contributed by atoms with Gasteiger partial charge in [-0.1, -0.05) is 44.7 Å². The molecule has 1 saturated heterocycles. The Bertz CT molecular complexity index is 991. The second-order valence-electron chi connectivity index (χ2n) is 10.7. The Morgan fingerprint density at radius 1 is 0.919 bits per heavy atom. The Kier molecular flexibility index (Phi) is 10.0. The quantitative estimate of drug-likeness (QED) is 0.365. The summed E-state index contributed by atoms with van der Waals surface area (Å²) in [5.74, 6) is 1.40. The molecule has 2 aromatic carbocycles. The van der Waals surface area contributed by atoms with E-state index in [9.17, 15) is 9.59 Å². The van der Waals surface area contributed by atoms with Gasteiger partial charge in [0.15, 0.2) is 0 Å². The fraction of sp³-hybridized carbons (Fsp3) is 0.548. The van der Waals surface area contributed by atoms with E-state index in [-0.39, 0.29) is 5.56 Å². The molecule has 1 aliphatic heterocycles. The first-order chi connectivity index (χ1) is 18.0. The molecule has 37 heavy (non-hydrogen) atoms. The maximum Gasteiger partial charge on any atom is 0.335 e. The van der Waals surface area contributed by atoms with Crippen LogP contribution >= 0.6 is 0 Å². The van der Waals surface area contributed by atoms with Crippen LogP contribution in [-0.2, 0) is 11.3 Å². The van der Waals surface area contributed by atoms with Crippen molar-refractivity contribution in [3.8, 4) is 11.5 Å². The highest BCUT2D eigenvalue weighted by molar-refractivity contribution is 5.87. The molecule has 1 heterocycles. The van der Waals surface area contributed by atoms with Gasteiger partial charge in [-0.25, -0.2) is 4.79 Å². The molecule has 4 rings (SSSR count). The first-order valence-corrected chi connectivity index (χ1v) is 14.1. The van der Waals surface area contributed by atoms with Crippen LogP contribution < -0.4 is 4.74 Å². The molecule has 1 N–H and O–H groups in total. The van der Waals surface area contributed by atoms with Crippen LogP contribution in [-0.4, -0.2) is 52.5 Å². The summed E-state index contributed by atoms with van der Waals surface area (Å²) in [4.78, 5) is 29.0. The monoisotopic (exact) mass is 506 g/mol. The lowest BCUT2D eigenvalue weighted by molar-refractivity contribution is -0.136. The molecule has 0 radical (unpaired) electrons. The first-order valence-electron chi connectivity index (χ1n) is 14.1. The van der Waals surface area contributed by atoms with Gasteiger partial charge in [0.25, 0.3) is 0 Å². The summed E-state index contributed by atoms with van der Waals surface area (Å²) < 4.78 is 5.86. The molecule has 0 aromatic heterocycles. The maximum absolute atomic E-state index is 13.3. The van der Waals surface area contributed by atoms with Crippen molar-refractivity contribution in [3.05, 3.63) is 59.7 Å². The number of carboxylic acids is 1. The number of likely N-dealkylation sites (tertiary alicyclic amines) is 1. The van der Waals surface area contributed by atoms with Gasteiger partial charge in [-0.2, -0.15) is 0 Å². The Labute approximate surface area is 221 Å². The van der Waals surface area contributed by atoms with Crippen molar-refractivity contribution in [3.63, 3.8) is 0 Å². The highest BCUT2D eigenvalue weighted by Gasteiger charge is 2.29. The fourth-order valence-corrected chi connectivity index (χ4v) is 5.71. The lowest BCUT2D eigenvalue weighted by atomic mass is 9.86. The van der Waals surface area contributed by atoms with Crippen molar-refractivity contribution in [2.75, 3.05) is 19.6 Å². The van der Waals surface area contributed by atoms with Gasteiger partial charge in [0.1, 0.15) is 11.5 Å². The molecule has 2 aromatic rings. The molecule has 200 valence electrons. The van der Waals surface area contributed by atoms with Gasteiger partial charge in [-0.3, -0.25) is 9.69 Å². The van der Waals surface area contributed by atoms with Crippen molar-refractivity contribution >= 4 is 11.9 Å². The van der Waals surface area contributed by atoms with Crippen LogP contribution in [0.5, 0.6) is 11.5 Å². The largest absolute Gasteiger partial charge is 0.478 e. The molecule has 6 heteroatoms.